The van der Waals surface area contributed by atoms with Gasteiger partial charge < -0.3 is 5.73 Å². The molecule has 0 aliphatic heterocycles. The fourth-order valence-electron chi connectivity index (χ4n) is 0.380. The molecule has 0 amide bonds. The van der Waals surface area contributed by atoms with E-state index in [-0.39, 0.29) is 11.0 Å². The zero-order valence-electron chi connectivity index (χ0n) is 6.26. The molecule has 4 N–H and O–H groups in total. The lowest BCUT2D eigenvalue weighted by atomic mass is 10.5. The molecular formula is C6H11ClN4. The number of rotatable bonds is 4. The second-order valence-corrected chi connectivity index (χ2v) is 2.19. The highest BCUT2D eigenvalue weighted by molar-refractivity contribution is 6.67. The Hall–Kier alpha value is -1.03. The minimum absolute atomic E-state index is 0.123. The van der Waals surface area contributed by atoms with Gasteiger partial charge in [0.05, 0.1) is 0 Å². The van der Waals surface area contributed by atoms with E-state index in [2.05, 4.69) is 10.5 Å². The molecule has 0 spiro atoms. The topological polar surface area (TPSA) is 74.3 Å². The average Bonchev–Trinajstić information content (AvgIpc) is 1.86. The van der Waals surface area contributed by atoms with Crippen molar-refractivity contribution in [3.63, 3.8) is 0 Å². The van der Waals surface area contributed by atoms with E-state index in [0.717, 1.165) is 6.42 Å². The maximum atomic E-state index is 6.82. The molecule has 0 aromatic carbocycles. The number of nitrogens with one attached hydrogen (secondary N) is 2. The van der Waals surface area contributed by atoms with Crippen molar-refractivity contribution in [1.29, 1.82) is 5.41 Å². The van der Waals surface area contributed by atoms with Crippen LogP contribution < -0.4 is 11.2 Å². The summed E-state index contributed by atoms with van der Waals surface area (Å²) in [4.78, 5) is 0. The molecule has 0 radical (unpaired) electrons. The third-order valence-electron chi connectivity index (χ3n) is 0.750. The van der Waals surface area contributed by atoms with E-state index in [1.807, 2.05) is 6.92 Å². The second-order valence-electron chi connectivity index (χ2n) is 1.78. The van der Waals surface area contributed by atoms with Crippen LogP contribution in [0, 0.1) is 5.41 Å². The van der Waals surface area contributed by atoms with Gasteiger partial charge in [-0.1, -0.05) is 18.5 Å². The molecule has 0 atom stereocenters. The molecule has 5 heteroatoms. The van der Waals surface area contributed by atoms with Crippen LogP contribution in [-0.2, 0) is 0 Å². The molecule has 0 fully saturated rings. The Morgan fingerprint density at radius 2 is 2.45 bits per heavy atom. The maximum Gasteiger partial charge on any atom is 0.124 e. The van der Waals surface area contributed by atoms with Gasteiger partial charge in [-0.2, -0.15) is 5.10 Å². The van der Waals surface area contributed by atoms with Gasteiger partial charge in [-0.05, 0) is 6.42 Å². The van der Waals surface area contributed by atoms with E-state index >= 15 is 0 Å². The van der Waals surface area contributed by atoms with Crippen molar-refractivity contribution in [3.8, 4) is 0 Å². The predicted octanol–water partition coefficient (Wildman–Crippen LogP) is 0.988. The Labute approximate surface area is 70.6 Å². The van der Waals surface area contributed by atoms with E-state index < -0.39 is 0 Å². The van der Waals surface area contributed by atoms with Gasteiger partial charge in [0.2, 0.25) is 0 Å². The van der Waals surface area contributed by atoms with E-state index in [0.29, 0.717) is 0 Å². The molecule has 0 saturated heterocycles. The van der Waals surface area contributed by atoms with Gasteiger partial charge in [0.15, 0.2) is 0 Å². The molecule has 0 bridgehead atoms. The smallest absolute Gasteiger partial charge is 0.124 e. The molecule has 0 aromatic rings. The molecular weight excluding hydrogens is 164 g/mol. The Morgan fingerprint density at radius 1 is 1.82 bits per heavy atom. The molecule has 0 aliphatic rings. The van der Waals surface area contributed by atoms with Crippen LogP contribution in [0.1, 0.15) is 13.3 Å². The summed E-state index contributed by atoms with van der Waals surface area (Å²) in [5.74, 6) is 0.259. The van der Waals surface area contributed by atoms with Crippen molar-refractivity contribution in [2.24, 2.45) is 10.8 Å². The van der Waals surface area contributed by atoms with Crippen LogP contribution in [0.4, 0.5) is 0 Å². The maximum absolute atomic E-state index is 6.82. The standard InChI is InChI=1S/C6H11ClN4/c1-2-3-10-11-6(9)4-5(7)8/h3-4,8,11H,2,9H2,1H3/b6-4-,8-5?,10-3-. The Kier molecular flexibility index (Phi) is 5.20. The summed E-state index contributed by atoms with van der Waals surface area (Å²) in [6, 6.07) is 0. The second kappa shape index (κ2) is 5.73. The molecule has 0 unspecified atom stereocenters. The summed E-state index contributed by atoms with van der Waals surface area (Å²) in [6.45, 7) is 1.95. The molecule has 0 heterocycles. The summed E-state index contributed by atoms with van der Waals surface area (Å²) in [5, 5.41) is 10.4. The van der Waals surface area contributed by atoms with Crippen molar-refractivity contribution in [1.82, 2.24) is 5.43 Å². The summed E-state index contributed by atoms with van der Waals surface area (Å²) in [6.07, 6.45) is 3.77. The lowest BCUT2D eigenvalue weighted by molar-refractivity contribution is 0.873. The Balaban J connectivity index is 3.77. The van der Waals surface area contributed by atoms with Crippen molar-refractivity contribution in [2.75, 3.05) is 0 Å². The molecule has 11 heavy (non-hydrogen) atoms. The van der Waals surface area contributed by atoms with Gasteiger partial charge in [0, 0.05) is 12.3 Å². The number of allylic oxidation sites excluding steroid dienone is 1. The fraction of sp³-hybridized carbons (Fsp3) is 0.333. The highest BCUT2D eigenvalue weighted by Crippen LogP contribution is 1.85. The first kappa shape index (κ1) is 9.97. The number of halogens is 1. The van der Waals surface area contributed by atoms with E-state index in [9.17, 15) is 0 Å². The summed E-state index contributed by atoms with van der Waals surface area (Å²) in [7, 11) is 0. The Bertz CT molecular complexity index is 185. The monoisotopic (exact) mass is 174 g/mol. The SMILES string of the molecule is CC/C=N\N/C(N)=C\C(=N)Cl. The average molecular weight is 175 g/mol. The lowest BCUT2D eigenvalue weighted by Gasteiger charge is -1.96. The molecule has 4 nitrogen and oxygen atoms in total. The third kappa shape index (κ3) is 6.86. The molecule has 0 saturated carbocycles. The number of hydrazone groups is 1. The number of nitrogens with two attached hydrogens (primary N) is 1. The van der Waals surface area contributed by atoms with Crippen LogP contribution in [0.5, 0.6) is 0 Å². The minimum Gasteiger partial charge on any atom is -0.384 e. The number of nitrogens with zero attached hydrogens (tertiary/aromatic N) is 1. The molecule has 0 aromatic heterocycles. The van der Waals surface area contributed by atoms with Gasteiger partial charge in [0.1, 0.15) is 11.0 Å². The molecule has 0 rings (SSSR count). The van der Waals surface area contributed by atoms with Crippen LogP contribution in [0.3, 0.4) is 0 Å². The van der Waals surface area contributed by atoms with Crippen LogP contribution in [-0.4, -0.2) is 11.4 Å². The minimum atomic E-state index is -0.123. The van der Waals surface area contributed by atoms with Crippen LogP contribution in [0.15, 0.2) is 17.0 Å². The van der Waals surface area contributed by atoms with Gasteiger partial charge in [-0.15, -0.1) is 0 Å². The van der Waals surface area contributed by atoms with Crippen molar-refractivity contribution >= 4 is 23.0 Å². The van der Waals surface area contributed by atoms with E-state index in [1.54, 1.807) is 6.21 Å². The predicted molar refractivity (Wildman–Crippen MR) is 47.8 cm³/mol. The van der Waals surface area contributed by atoms with Crippen molar-refractivity contribution in [2.45, 2.75) is 13.3 Å². The van der Waals surface area contributed by atoms with Crippen LogP contribution in [0.2, 0.25) is 0 Å². The molecule has 0 aliphatic carbocycles. The highest BCUT2D eigenvalue weighted by Gasteiger charge is 1.86. The van der Waals surface area contributed by atoms with Crippen molar-refractivity contribution < 1.29 is 0 Å². The van der Waals surface area contributed by atoms with Gasteiger partial charge in [-0.25, -0.2) is 0 Å². The quantitative estimate of drug-likeness (QED) is 0.439. The van der Waals surface area contributed by atoms with Crippen LogP contribution in [0.25, 0.3) is 0 Å². The third-order valence-corrected chi connectivity index (χ3v) is 0.859. The lowest BCUT2D eigenvalue weighted by Crippen LogP contribution is -2.14. The van der Waals surface area contributed by atoms with Gasteiger partial charge in [0.25, 0.3) is 0 Å². The highest BCUT2D eigenvalue weighted by atomic mass is 35.5. The first-order valence-electron chi connectivity index (χ1n) is 3.15. The zero-order chi connectivity index (χ0) is 8.69. The summed E-state index contributed by atoms with van der Waals surface area (Å²) in [5.41, 5.74) is 7.82. The largest absolute Gasteiger partial charge is 0.384 e. The molecule has 62 valence electrons. The summed E-state index contributed by atoms with van der Waals surface area (Å²) >= 11 is 5.22. The van der Waals surface area contributed by atoms with Gasteiger partial charge in [-0.3, -0.25) is 10.8 Å². The van der Waals surface area contributed by atoms with E-state index in [4.69, 9.17) is 22.7 Å². The number of hydrogen-bond donors (Lipinski definition) is 3. The zero-order valence-corrected chi connectivity index (χ0v) is 7.02. The van der Waals surface area contributed by atoms with Crippen molar-refractivity contribution in [3.05, 3.63) is 11.9 Å². The number of hydrogen-bond acceptors (Lipinski definition) is 4. The van der Waals surface area contributed by atoms with Gasteiger partial charge >= 0.3 is 0 Å². The summed E-state index contributed by atoms with van der Waals surface area (Å²) < 4.78 is 0. The fourth-order valence-corrected chi connectivity index (χ4v) is 0.498. The Morgan fingerprint density at radius 3 is 2.91 bits per heavy atom. The normalized spacial score (nSPS) is 12.0. The van der Waals surface area contributed by atoms with E-state index in [1.165, 1.54) is 6.08 Å². The first-order valence-corrected chi connectivity index (χ1v) is 3.53. The first-order chi connectivity index (χ1) is 5.16. The van der Waals surface area contributed by atoms with Crippen LogP contribution >= 0.6 is 11.6 Å².